The van der Waals surface area contributed by atoms with E-state index in [0.29, 0.717) is 6.54 Å². The first-order chi connectivity index (χ1) is 7.13. The summed E-state index contributed by atoms with van der Waals surface area (Å²) >= 11 is 0. The summed E-state index contributed by atoms with van der Waals surface area (Å²) in [6, 6.07) is -0.267. The molecule has 0 bridgehead atoms. The predicted molar refractivity (Wildman–Crippen MR) is 61.8 cm³/mol. The van der Waals surface area contributed by atoms with Gasteiger partial charge in [0.15, 0.2) is 0 Å². The first kappa shape index (κ1) is 16.2. The van der Waals surface area contributed by atoms with Gasteiger partial charge in [-0.2, -0.15) is 0 Å². The second-order valence-electron chi connectivity index (χ2n) is 5.88. The molecule has 1 rings (SSSR count). The molecule has 1 saturated heterocycles. The fourth-order valence-electron chi connectivity index (χ4n) is 1.72. The fraction of sp³-hybridized carbons (Fsp3) is 0.818. The van der Waals surface area contributed by atoms with Gasteiger partial charge in [-0.3, -0.25) is 9.69 Å². The van der Waals surface area contributed by atoms with Crippen LogP contribution in [-0.4, -0.2) is 61.1 Å². The highest BCUT2D eigenvalue weighted by atomic mass is 35.5. The number of rotatable bonds is 4. The average Bonchev–Trinajstić information content (AvgIpc) is 2.25. The van der Waals surface area contributed by atoms with E-state index in [4.69, 9.17) is 0 Å². The molecule has 1 fully saturated rings. The molecule has 1 heterocycles. The maximum atomic E-state index is 11.8. The number of carbonyl (C=O) groups excluding carboxylic acids is 2. The molecule has 0 saturated carbocycles. The van der Waals surface area contributed by atoms with E-state index in [1.807, 2.05) is 0 Å². The summed E-state index contributed by atoms with van der Waals surface area (Å²) in [7, 11) is 6.28. The van der Waals surface area contributed by atoms with Crippen molar-refractivity contribution in [2.24, 2.45) is 0 Å². The van der Waals surface area contributed by atoms with Crippen molar-refractivity contribution in [1.29, 1.82) is 0 Å². The smallest absolute Gasteiger partial charge is 0.325 e. The highest BCUT2D eigenvalue weighted by Crippen LogP contribution is 2.16. The summed E-state index contributed by atoms with van der Waals surface area (Å²) in [6.07, 6.45) is 0.832. The van der Waals surface area contributed by atoms with Crippen LogP contribution < -0.4 is 17.7 Å². The van der Waals surface area contributed by atoms with E-state index in [9.17, 15) is 9.59 Å². The van der Waals surface area contributed by atoms with E-state index < -0.39 is 5.54 Å². The molecule has 6 heteroatoms. The first-order valence-corrected chi connectivity index (χ1v) is 5.58. The molecule has 5 nitrogen and oxygen atoms in total. The highest BCUT2D eigenvalue weighted by molar-refractivity contribution is 6.06. The third-order valence-electron chi connectivity index (χ3n) is 2.66. The van der Waals surface area contributed by atoms with Gasteiger partial charge in [-0.15, -0.1) is 0 Å². The minimum absolute atomic E-state index is 0. The van der Waals surface area contributed by atoms with Crippen molar-refractivity contribution in [2.75, 3.05) is 34.2 Å². The third-order valence-corrected chi connectivity index (χ3v) is 2.66. The number of quaternary nitrogens is 1. The predicted octanol–water partition coefficient (Wildman–Crippen LogP) is -2.58. The Hall–Kier alpha value is -0.810. The van der Waals surface area contributed by atoms with E-state index in [1.165, 1.54) is 4.90 Å². The molecule has 1 aliphatic heterocycles. The van der Waals surface area contributed by atoms with Crippen LogP contribution in [-0.2, 0) is 4.79 Å². The van der Waals surface area contributed by atoms with Crippen LogP contribution in [0.3, 0.4) is 0 Å². The topological polar surface area (TPSA) is 49.4 Å². The number of nitrogens with one attached hydrogen (secondary N) is 1. The Morgan fingerprint density at radius 3 is 2.12 bits per heavy atom. The van der Waals surface area contributed by atoms with Crippen molar-refractivity contribution in [1.82, 2.24) is 10.2 Å². The lowest BCUT2D eigenvalue weighted by Gasteiger charge is -2.24. The maximum absolute atomic E-state index is 11.8. The van der Waals surface area contributed by atoms with Gasteiger partial charge in [-0.25, -0.2) is 4.79 Å². The third kappa shape index (κ3) is 4.16. The van der Waals surface area contributed by atoms with E-state index >= 15 is 0 Å². The van der Waals surface area contributed by atoms with Crippen LogP contribution in [0.15, 0.2) is 0 Å². The number of urea groups is 1. The number of nitrogens with zero attached hydrogens (tertiary/aromatic N) is 2. The summed E-state index contributed by atoms with van der Waals surface area (Å²) in [4.78, 5) is 24.7. The van der Waals surface area contributed by atoms with Gasteiger partial charge < -0.3 is 22.2 Å². The van der Waals surface area contributed by atoms with Gasteiger partial charge in [0, 0.05) is 13.0 Å². The molecule has 0 aromatic rings. The van der Waals surface area contributed by atoms with Crippen molar-refractivity contribution >= 4 is 11.9 Å². The van der Waals surface area contributed by atoms with Crippen LogP contribution in [0.2, 0.25) is 0 Å². The number of amides is 3. The molecule has 0 atom stereocenters. The van der Waals surface area contributed by atoms with Crippen LogP contribution in [0.25, 0.3) is 0 Å². The number of hydrogen-bond acceptors (Lipinski definition) is 2. The van der Waals surface area contributed by atoms with Crippen molar-refractivity contribution in [3.8, 4) is 0 Å². The molecule has 0 radical (unpaired) electrons. The summed E-state index contributed by atoms with van der Waals surface area (Å²) in [6.45, 7) is 4.90. The normalized spacial score (nSPS) is 19.0. The largest absolute Gasteiger partial charge is 1.00 e. The lowest BCUT2D eigenvalue weighted by molar-refractivity contribution is -0.870. The van der Waals surface area contributed by atoms with Gasteiger partial charge in [0.2, 0.25) is 0 Å². The van der Waals surface area contributed by atoms with Crippen LogP contribution in [0.4, 0.5) is 4.79 Å². The molecular formula is C11H22ClN3O2. The summed E-state index contributed by atoms with van der Waals surface area (Å²) in [5, 5.41) is 2.67. The Morgan fingerprint density at radius 1 is 1.24 bits per heavy atom. The van der Waals surface area contributed by atoms with Gasteiger partial charge in [0.25, 0.3) is 5.91 Å². The zero-order valence-corrected chi connectivity index (χ0v) is 12.0. The Bertz CT molecular complexity index is 310. The van der Waals surface area contributed by atoms with Crippen molar-refractivity contribution in [3.63, 3.8) is 0 Å². The number of imide groups is 1. The van der Waals surface area contributed by atoms with Crippen LogP contribution in [0.5, 0.6) is 0 Å². The average molecular weight is 264 g/mol. The zero-order chi connectivity index (χ0) is 12.6. The zero-order valence-electron chi connectivity index (χ0n) is 11.2. The second kappa shape index (κ2) is 5.23. The molecule has 3 amide bonds. The Morgan fingerprint density at radius 2 is 1.76 bits per heavy atom. The van der Waals surface area contributed by atoms with Gasteiger partial charge in [0.1, 0.15) is 5.54 Å². The van der Waals surface area contributed by atoms with E-state index in [-0.39, 0.29) is 24.3 Å². The Kier molecular flexibility index (Phi) is 4.98. The minimum Gasteiger partial charge on any atom is -1.00 e. The molecule has 1 aliphatic rings. The van der Waals surface area contributed by atoms with Gasteiger partial charge >= 0.3 is 6.03 Å². The maximum Gasteiger partial charge on any atom is 0.325 e. The van der Waals surface area contributed by atoms with Crippen LogP contribution in [0, 0.1) is 0 Å². The fourth-order valence-corrected chi connectivity index (χ4v) is 1.72. The van der Waals surface area contributed by atoms with Crippen molar-refractivity contribution in [3.05, 3.63) is 0 Å². The van der Waals surface area contributed by atoms with Gasteiger partial charge in [-0.1, -0.05) is 0 Å². The SMILES string of the molecule is CC1(C)NC(=O)N(CCC[N+](C)(C)C)C1=O.[Cl-]. The lowest BCUT2D eigenvalue weighted by atomic mass is 10.1. The van der Waals surface area contributed by atoms with Crippen LogP contribution in [0.1, 0.15) is 20.3 Å². The molecule has 0 unspecified atom stereocenters. The number of hydrogen-bond donors (Lipinski definition) is 1. The standard InChI is InChI=1S/C11H21N3O2.ClH/c1-11(2)9(15)13(10(16)12-11)7-6-8-14(3,4)5;/h6-8H2,1-5H3;1H. The molecule has 100 valence electrons. The Balaban J connectivity index is 0.00000256. The molecule has 0 aromatic carbocycles. The van der Waals surface area contributed by atoms with Gasteiger partial charge in [0.05, 0.1) is 27.7 Å². The molecule has 0 spiro atoms. The van der Waals surface area contributed by atoms with E-state index in [0.717, 1.165) is 17.4 Å². The van der Waals surface area contributed by atoms with Gasteiger partial charge in [-0.05, 0) is 13.8 Å². The van der Waals surface area contributed by atoms with E-state index in [1.54, 1.807) is 13.8 Å². The quantitative estimate of drug-likeness (QED) is 0.447. The minimum atomic E-state index is -0.742. The first-order valence-electron chi connectivity index (χ1n) is 5.58. The monoisotopic (exact) mass is 263 g/mol. The second-order valence-corrected chi connectivity index (χ2v) is 5.88. The Labute approximate surface area is 109 Å². The molecular weight excluding hydrogens is 242 g/mol. The highest BCUT2D eigenvalue weighted by Gasteiger charge is 2.43. The molecule has 0 aliphatic carbocycles. The molecule has 0 aromatic heterocycles. The van der Waals surface area contributed by atoms with Crippen LogP contribution >= 0.6 is 0 Å². The van der Waals surface area contributed by atoms with Crippen molar-refractivity contribution < 1.29 is 26.5 Å². The summed E-state index contributed by atoms with van der Waals surface area (Å²) in [5.74, 6) is -0.126. The summed E-state index contributed by atoms with van der Waals surface area (Å²) in [5.41, 5.74) is -0.742. The van der Waals surface area contributed by atoms with E-state index in [2.05, 4.69) is 26.5 Å². The summed E-state index contributed by atoms with van der Waals surface area (Å²) < 4.78 is 0.840. The number of halogens is 1. The number of carbonyl (C=O) groups is 2. The molecule has 17 heavy (non-hydrogen) atoms. The van der Waals surface area contributed by atoms with Crippen molar-refractivity contribution in [2.45, 2.75) is 25.8 Å². The lowest BCUT2D eigenvalue weighted by Crippen LogP contribution is -3.00. The molecule has 1 N–H and O–H groups in total.